The molecule has 26 heavy (non-hydrogen) atoms. The maximum Gasteiger partial charge on any atom is 0.357 e. The molecule has 0 radical (unpaired) electrons. The molecule has 130 valence electrons. The minimum absolute atomic E-state index is 0.0396. The summed E-state index contributed by atoms with van der Waals surface area (Å²) in [7, 11) is 0. The standard InChI is InChI=1S/C19H15N3O3S/c1-26-19-20-11-15(22(19)13-7-3-2-4-8-13)18(23)24-12-17-21-14-9-5-6-10-16(14)25-17/h2-11H,12H2,1H3. The van der Waals surface area contributed by atoms with Crippen molar-refractivity contribution in [1.82, 2.24) is 14.5 Å². The first-order chi connectivity index (χ1) is 12.8. The number of para-hydroxylation sites is 3. The van der Waals surface area contributed by atoms with Crippen LogP contribution in [0.4, 0.5) is 0 Å². The first-order valence-corrected chi connectivity index (χ1v) is 9.17. The van der Waals surface area contributed by atoms with Crippen molar-refractivity contribution in [3.8, 4) is 5.69 Å². The van der Waals surface area contributed by atoms with Crippen molar-refractivity contribution in [2.75, 3.05) is 6.26 Å². The Labute approximate surface area is 153 Å². The summed E-state index contributed by atoms with van der Waals surface area (Å²) in [6.45, 7) is -0.0396. The van der Waals surface area contributed by atoms with Gasteiger partial charge in [0.05, 0.1) is 6.20 Å². The van der Waals surface area contributed by atoms with Crippen LogP contribution in [0.1, 0.15) is 16.4 Å². The number of hydrogen-bond acceptors (Lipinski definition) is 6. The maximum atomic E-state index is 12.6. The van der Waals surface area contributed by atoms with Crippen molar-refractivity contribution >= 4 is 28.8 Å². The molecule has 0 aliphatic rings. The Balaban J connectivity index is 1.57. The quantitative estimate of drug-likeness (QED) is 0.392. The second-order valence-electron chi connectivity index (χ2n) is 5.45. The number of imidazole rings is 1. The Kier molecular flexibility index (Phi) is 4.45. The van der Waals surface area contributed by atoms with Crippen LogP contribution in [0.5, 0.6) is 0 Å². The minimum atomic E-state index is -0.482. The first kappa shape index (κ1) is 16.4. The van der Waals surface area contributed by atoms with Crippen LogP contribution in [0.3, 0.4) is 0 Å². The molecule has 6 nitrogen and oxygen atoms in total. The van der Waals surface area contributed by atoms with E-state index in [1.807, 2.05) is 60.9 Å². The van der Waals surface area contributed by atoms with Crippen LogP contribution in [0.25, 0.3) is 16.8 Å². The molecule has 2 aromatic heterocycles. The molecule has 0 atom stereocenters. The minimum Gasteiger partial charge on any atom is -0.451 e. The number of rotatable bonds is 5. The van der Waals surface area contributed by atoms with Crippen molar-refractivity contribution in [2.24, 2.45) is 0 Å². The molecule has 0 unspecified atom stereocenters. The third-order valence-corrected chi connectivity index (χ3v) is 4.45. The van der Waals surface area contributed by atoms with E-state index in [0.29, 0.717) is 22.3 Å². The molecule has 0 fully saturated rings. The molecule has 4 aromatic rings. The molecular weight excluding hydrogens is 350 g/mol. The summed E-state index contributed by atoms with van der Waals surface area (Å²) in [6, 6.07) is 17.0. The molecule has 0 bridgehead atoms. The van der Waals surface area contributed by atoms with Crippen LogP contribution in [-0.2, 0) is 11.3 Å². The number of thioether (sulfide) groups is 1. The summed E-state index contributed by atoms with van der Waals surface area (Å²) in [5.41, 5.74) is 2.61. The van der Waals surface area contributed by atoms with Crippen LogP contribution >= 0.6 is 11.8 Å². The molecule has 0 saturated heterocycles. The molecular formula is C19H15N3O3S. The number of hydrogen-bond donors (Lipinski definition) is 0. The normalized spacial score (nSPS) is 11.0. The molecule has 0 spiro atoms. The van der Waals surface area contributed by atoms with Crippen molar-refractivity contribution < 1.29 is 13.9 Å². The van der Waals surface area contributed by atoms with Gasteiger partial charge < -0.3 is 9.15 Å². The summed E-state index contributed by atoms with van der Waals surface area (Å²) in [6.07, 6.45) is 3.43. The summed E-state index contributed by atoms with van der Waals surface area (Å²) in [4.78, 5) is 21.2. The number of carbonyl (C=O) groups excluding carboxylic acids is 1. The lowest BCUT2D eigenvalue weighted by Crippen LogP contribution is -2.11. The summed E-state index contributed by atoms with van der Waals surface area (Å²) in [5.74, 6) is -0.126. The lowest BCUT2D eigenvalue weighted by Gasteiger charge is -2.10. The second kappa shape index (κ2) is 7.05. The summed E-state index contributed by atoms with van der Waals surface area (Å²) in [5, 5.41) is 0.713. The van der Waals surface area contributed by atoms with Gasteiger partial charge in [0.1, 0.15) is 5.52 Å². The lowest BCUT2D eigenvalue weighted by molar-refractivity contribution is 0.0430. The number of ether oxygens (including phenoxy) is 1. The van der Waals surface area contributed by atoms with Crippen molar-refractivity contribution in [2.45, 2.75) is 11.8 Å². The van der Waals surface area contributed by atoms with E-state index in [0.717, 1.165) is 11.2 Å². The molecule has 2 aromatic carbocycles. The number of oxazole rings is 1. The third kappa shape index (κ3) is 3.09. The SMILES string of the molecule is CSc1ncc(C(=O)OCc2nc3ccccc3o2)n1-c1ccccc1. The Morgan fingerprint density at radius 3 is 2.69 bits per heavy atom. The largest absolute Gasteiger partial charge is 0.451 e. The fraction of sp³-hybridized carbons (Fsp3) is 0.105. The second-order valence-corrected chi connectivity index (χ2v) is 6.23. The molecule has 0 saturated carbocycles. The van der Waals surface area contributed by atoms with Gasteiger partial charge in [-0.25, -0.2) is 14.8 Å². The Morgan fingerprint density at radius 1 is 1.15 bits per heavy atom. The molecule has 0 amide bonds. The zero-order chi connectivity index (χ0) is 17.9. The highest BCUT2D eigenvalue weighted by Crippen LogP contribution is 2.22. The van der Waals surface area contributed by atoms with E-state index >= 15 is 0 Å². The van der Waals surface area contributed by atoms with Crippen LogP contribution in [0.2, 0.25) is 0 Å². The van der Waals surface area contributed by atoms with Gasteiger partial charge in [-0.05, 0) is 30.5 Å². The van der Waals surface area contributed by atoms with E-state index in [9.17, 15) is 4.79 Å². The molecule has 0 aliphatic carbocycles. The predicted molar refractivity (Wildman–Crippen MR) is 98.5 cm³/mol. The zero-order valence-electron chi connectivity index (χ0n) is 14.0. The highest BCUT2D eigenvalue weighted by Gasteiger charge is 2.19. The van der Waals surface area contributed by atoms with Gasteiger partial charge in [-0.15, -0.1) is 0 Å². The van der Waals surface area contributed by atoms with Gasteiger partial charge in [0, 0.05) is 5.69 Å². The number of fused-ring (bicyclic) bond motifs is 1. The average Bonchev–Trinajstić information content (AvgIpc) is 3.30. The monoisotopic (exact) mass is 365 g/mol. The van der Waals surface area contributed by atoms with E-state index in [2.05, 4.69) is 9.97 Å². The Bertz CT molecular complexity index is 1020. The van der Waals surface area contributed by atoms with Gasteiger partial charge in [0.2, 0.25) is 5.89 Å². The van der Waals surface area contributed by atoms with Gasteiger partial charge in [0.15, 0.2) is 23.0 Å². The van der Waals surface area contributed by atoms with Gasteiger partial charge >= 0.3 is 5.97 Å². The molecule has 0 aliphatic heterocycles. The van der Waals surface area contributed by atoms with Crippen molar-refractivity contribution in [3.63, 3.8) is 0 Å². The van der Waals surface area contributed by atoms with E-state index in [4.69, 9.17) is 9.15 Å². The molecule has 2 heterocycles. The number of benzene rings is 2. The number of carbonyl (C=O) groups is 1. The topological polar surface area (TPSA) is 70.2 Å². The molecule has 4 rings (SSSR count). The lowest BCUT2D eigenvalue weighted by atomic mass is 10.3. The Morgan fingerprint density at radius 2 is 1.92 bits per heavy atom. The maximum absolute atomic E-state index is 12.6. The van der Waals surface area contributed by atoms with Crippen LogP contribution in [0, 0.1) is 0 Å². The Hall–Kier alpha value is -3.06. The van der Waals surface area contributed by atoms with Gasteiger partial charge in [-0.1, -0.05) is 42.1 Å². The summed E-state index contributed by atoms with van der Waals surface area (Å²) < 4.78 is 12.8. The summed E-state index contributed by atoms with van der Waals surface area (Å²) >= 11 is 1.46. The van der Waals surface area contributed by atoms with Crippen LogP contribution < -0.4 is 0 Å². The number of esters is 1. The van der Waals surface area contributed by atoms with E-state index in [-0.39, 0.29) is 6.61 Å². The van der Waals surface area contributed by atoms with Crippen LogP contribution in [0.15, 0.2) is 70.4 Å². The number of aromatic nitrogens is 3. The average molecular weight is 365 g/mol. The number of nitrogens with zero attached hydrogens (tertiary/aromatic N) is 3. The third-order valence-electron chi connectivity index (χ3n) is 3.80. The smallest absolute Gasteiger partial charge is 0.357 e. The molecule has 0 N–H and O–H groups in total. The van der Waals surface area contributed by atoms with Gasteiger partial charge in [-0.3, -0.25) is 4.57 Å². The zero-order valence-corrected chi connectivity index (χ0v) is 14.8. The highest BCUT2D eigenvalue weighted by molar-refractivity contribution is 7.98. The van der Waals surface area contributed by atoms with E-state index in [1.54, 1.807) is 4.57 Å². The van der Waals surface area contributed by atoms with Crippen molar-refractivity contribution in [3.05, 3.63) is 72.4 Å². The van der Waals surface area contributed by atoms with Crippen molar-refractivity contribution in [1.29, 1.82) is 0 Å². The predicted octanol–water partition coefficient (Wildman–Crippen LogP) is 4.09. The van der Waals surface area contributed by atoms with Gasteiger partial charge in [0.25, 0.3) is 0 Å². The van der Waals surface area contributed by atoms with Crippen LogP contribution in [-0.4, -0.2) is 26.8 Å². The first-order valence-electron chi connectivity index (χ1n) is 7.95. The fourth-order valence-corrected chi connectivity index (χ4v) is 3.18. The van der Waals surface area contributed by atoms with E-state index in [1.165, 1.54) is 18.0 Å². The molecule has 7 heteroatoms. The van der Waals surface area contributed by atoms with E-state index < -0.39 is 5.97 Å². The van der Waals surface area contributed by atoms with Gasteiger partial charge in [-0.2, -0.15) is 0 Å². The highest BCUT2D eigenvalue weighted by atomic mass is 32.2. The fourth-order valence-electron chi connectivity index (χ4n) is 2.63.